The molecule has 0 amide bonds. The molecule has 1 aromatic rings. The Morgan fingerprint density at radius 2 is 2.40 bits per heavy atom. The van der Waals surface area contributed by atoms with Gasteiger partial charge in [-0.15, -0.1) is 11.3 Å². The Kier molecular flexibility index (Phi) is 3.69. The zero-order valence-corrected chi connectivity index (χ0v) is 10.8. The largest absolute Gasteiger partial charge is 0.320 e. The van der Waals surface area contributed by atoms with Gasteiger partial charge in [-0.1, -0.05) is 6.92 Å². The second-order valence-corrected chi connectivity index (χ2v) is 6.24. The molecule has 0 aromatic carbocycles. The summed E-state index contributed by atoms with van der Waals surface area (Å²) in [5, 5.41) is 3.39. The Morgan fingerprint density at radius 1 is 1.60 bits per heavy atom. The van der Waals surface area contributed by atoms with Crippen LogP contribution in [0.5, 0.6) is 0 Å². The van der Waals surface area contributed by atoms with Crippen LogP contribution in [0, 0.1) is 0 Å². The Bertz CT molecular complexity index is 318. The topological polar surface area (TPSA) is 38.9 Å². The molecule has 1 aliphatic rings. The van der Waals surface area contributed by atoms with E-state index in [2.05, 4.69) is 17.3 Å². The lowest BCUT2D eigenvalue weighted by Crippen LogP contribution is -2.43. The first kappa shape index (κ1) is 11.4. The van der Waals surface area contributed by atoms with Crippen molar-refractivity contribution in [3.05, 3.63) is 16.1 Å². The maximum atomic E-state index is 6.23. The molecule has 2 rings (SSSR count). The van der Waals surface area contributed by atoms with E-state index >= 15 is 0 Å². The van der Waals surface area contributed by atoms with Gasteiger partial charge in [0.25, 0.3) is 0 Å². The quantitative estimate of drug-likeness (QED) is 0.806. The normalized spacial score (nSPS) is 18.8. The van der Waals surface area contributed by atoms with Crippen molar-refractivity contribution in [3.8, 4) is 0 Å². The molecular weight excluding hydrogens is 224 g/mol. The summed E-state index contributed by atoms with van der Waals surface area (Å²) in [5.41, 5.74) is 7.28. The van der Waals surface area contributed by atoms with Gasteiger partial charge in [0, 0.05) is 11.1 Å². The van der Waals surface area contributed by atoms with Gasteiger partial charge in [0.15, 0.2) is 0 Å². The molecule has 0 atom stereocenters. The molecule has 0 radical (unpaired) electrons. The van der Waals surface area contributed by atoms with Gasteiger partial charge in [-0.05, 0) is 31.4 Å². The summed E-state index contributed by atoms with van der Waals surface area (Å²) >= 11 is 3.73. The summed E-state index contributed by atoms with van der Waals surface area (Å²) < 4.78 is 0. The number of aromatic nitrogens is 1. The molecule has 1 heterocycles. The average Bonchev–Trinajstić information content (AvgIpc) is 2.64. The van der Waals surface area contributed by atoms with Gasteiger partial charge >= 0.3 is 0 Å². The molecule has 0 unspecified atom stereocenters. The highest BCUT2D eigenvalue weighted by Gasteiger charge is 2.36. The summed E-state index contributed by atoms with van der Waals surface area (Å²) in [6.45, 7) is 2.21. The Hall–Kier alpha value is -0.0600. The highest BCUT2D eigenvalue weighted by atomic mass is 32.2. The number of nitrogens with zero attached hydrogens (tertiary/aromatic N) is 1. The number of hydrogen-bond donors (Lipinski definition) is 1. The van der Waals surface area contributed by atoms with Gasteiger partial charge in [0.1, 0.15) is 5.01 Å². The predicted molar refractivity (Wildman–Crippen MR) is 68.3 cm³/mol. The van der Waals surface area contributed by atoms with Crippen LogP contribution in [0.1, 0.15) is 43.3 Å². The van der Waals surface area contributed by atoms with Crippen molar-refractivity contribution in [2.24, 2.45) is 5.73 Å². The zero-order chi connectivity index (χ0) is 10.7. The summed E-state index contributed by atoms with van der Waals surface area (Å²) in [7, 11) is 0. The zero-order valence-electron chi connectivity index (χ0n) is 9.16. The number of rotatable bonds is 5. The van der Waals surface area contributed by atoms with Crippen LogP contribution in [-0.4, -0.2) is 10.7 Å². The molecule has 15 heavy (non-hydrogen) atoms. The van der Waals surface area contributed by atoms with E-state index in [1.807, 2.05) is 11.8 Å². The lowest BCUT2D eigenvalue weighted by Gasteiger charge is -2.36. The van der Waals surface area contributed by atoms with Crippen LogP contribution in [0.4, 0.5) is 0 Å². The summed E-state index contributed by atoms with van der Waals surface area (Å²) in [5.74, 6) is 2.28. The Labute approximate surface area is 99.7 Å². The standard InChI is InChI=1S/C11H18N2S2/c1-2-6-14-8-10-13-9(7-15-10)11(12)4-3-5-11/h7H,2-6,8,12H2,1H3. The minimum atomic E-state index is -0.0792. The third kappa shape index (κ3) is 2.55. The third-order valence-electron chi connectivity index (χ3n) is 2.88. The summed E-state index contributed by atoms with van der Waals surface area (Å²) in [6, 6.07) is 0. The molecule has 0 aliphatic heterocycles. The van der Waals surface area contributed by atoms with Crippen molar-refractivity contribution < 1.29 is 0 Å². The number of nitrogens with two attached hydrogens (primary N) is 1. The molecule has 2 nitrogen and oxygen atoms in total. The summed E-state index contributed by atoms with van der Waals surface area (Å²) in [4.78, 5) is 4.65. The molecule has 4 heteroatoms. The van der Waals surface area contributed by atoms with E-state index in [9.17, 15) is 0 Å². The highest BCUT2D eigenvalue weighted by molar-refractivity contribution is 7.98. The molecule has 84 valence electrons. The van der Waals surface area contributed by atoms with Crippen molar-refractivity contribution in [3.63, 3.8) is 0 Å². The van der Waals surface area contributed by atoms with Gasteiger partial charge < -0.3 is 5.73 Å². The van der Waals surface area contributed by atoms with E-state index in [-0.39, 0.29) is 5.54 Å². The van der Waals surface area contributed by atoms with Crippen LogP contribution in [-0.2, 0) is 11.3 Å². The van der Waals surface area contributed by atoms with Crippen LogP contribution >= 0.6 is 23.1 Å². The molecular formula is C11H18N2S2. The second-order valence-electron chi connectivity index (χ2n) is 4.19. The van der Waals surface area contributed by atoms with Crippen LogP contribution in [0.15, 0.2) is 5.38 Å². The number of thioether (sulfide) groups is 1. The molecule has 0 saturated heterocycles. The molecule has 1 aromatic heterocycles. The fraction of sp³-hybridized carbons (Fsp3) is 0.727. The average molecular weight is 242 g/mol. The van der Waals surface area contributed by atoms with Gasteiger partial charge in [-0.2, -0.15) is 11.8 Å². The second kappa shape index (κ2) is 4.85. The SMILES string of the molecule is CCCSCc1nc(C2(N)CCC2)cs1. The molecule has 1 aliphatic carbocycles. The van der Waals surface area contributed by atoms with Crippen LogP contribution < -0.4 is 5.73 Å². The van der Waals surface area contributed by atoms with Crippen molar-refractivity contribution >= 4 is 23.1 Å². The van der Waals surface area contributed by atoms with E-state index in [4.69, 9.17) is 5.73 Å². The molecule has 0 spiro atoms. The van der Waals surface area contributed by atoms with Crippen molar-refractivity contribution in [1.29, 1.82) is 0 Å². The molecule has 0 bridgehead atoms. The lowest BCUT2D eigenvalue weighted by atomic mass is 9.76. The molecule has 1 fully saturated rings. The van der Waals surface area contributed by atoms with E-state index in [0.29, 0.717) is 0 Å². The maximum absolute atomic E-state index is 6.23. The number of thiazole rings is 1. The Balaban J connectivity index is 1.92. The van der Waals surface area contributed by atoms with E-state index in [1.54, 1.807) is 11.3 Å². The first-order valence-corrected chi connectivity index (χ1v) is 7.59. The van der Waals surface area contributed by atoms with Crippen LogP contribution in [0.25, 0.3) is 0 Å². The van der Waals surface area contributed by atoms with Crippen molar-refractivity contribution in [2.45, 2.75) is 43.9 Å². The minimum Gasteiger partial charge on any atom is -0.320 e. The Morgan fingerprint density at radius 3 is 3.00 bits per heavy atom. The summed E-state index contributed by atoms with van der Waals surface area (Å²) in [6.07, 6.45) is 4.72. The smallest absolute Gasteiger partial charge is 0.103 e. The highest BCUT2D eigenvalue weighted by Crippen LogP contribution is 2.39. The van der Waals surface area contributed by atoms with Crippen LogP contribution in [0.3, 0.4) is 0 Å². The third-order valence-corrected chi connectivity index (χ3v) is 5.09. The van der Waals surface area contributed by atoms with Crippen LogP contribution in [0.2, 0.25) is 0 Å². The predicted octanol–water partition coefficient (Wildman–Crippen LogP) is 3.12. The number of hydrogen-bond acceptors (Lipinski definition) is 4. The lowest BCUT2D eigenvalue weighted by molar-refractivity contribution is 0.247. The minimum absolute atomic E-state index is 0.0792. The van der Waals surface area contributed by atoms with E-state index < -0.39 is 0 Å². The fourth-order valence-electron chi connectivity index (χ4n) is 1.72. The van der Waals surface area contributed by atoms with E-state index in [0.717, 1.165) is 24.3 Å². The maximum Gasteiger partial charge on any atom is 0.103 e. The van der Waals surface area contributed by atoms with Crippen molar-refractivity contribution in [1.82, 2.24) is 4.98 Å². The molecule has 1 saturated carbocycles. The van der Waals surface area contributed by atoms with Gasteiger partial charge in [-0.25, -0.2) is 4.98 Å². The van der Waals surface area contributed by atoms with Gasteiger partial charge in [0.05, 0.1) is 11.2 Å². The first-order valence-electron chi connectivity index (χ1n) is 5.56. The van der Waals surface area contributed by atoms with Gasteiger partial charge in [0.2, 0.25) is 0 Å². The van der Waals surface area contributed by atoms with Gasteiger partial charge in [-0.3, -0.25) is 0 Å². The molecule has 2 N–H and O–H groups in total. The van der Waals surface area contributed by atoms with E-state index in [1.165, 1.54) is 23.6 Å². The monoisotopic (exact) mass is 242 g/mol. The first-order chi connectivity index (χ1) is 7.24. The van der Waals surface area contributed by atoms with Crippen molar-refractivity contribution in [2.75, 3.05) is 5.75 Å². The fourth-order valence-corrected chi connectivity index (χ4v) is 3.60.